The Hall–Kier alpha value is -3.41. The molecule has 1 unspecified atom stereocenters. The molecule has 0 aliphatic carbocycles. The smallest absolute Gasteiger partial charge is 0.306 e. The van der Waals surface area contributed by atoms with Gasteiger partial charge in [-0.05, 0) is 116 Å². The van der Waals surface area contributed by atoms with Gasteiger partial charge < -0.3 is 14.2 Å². The van der Waals surface area contributed by atoms with Crippen LogP contribution >= 0.6 is 0 Å². The molecule has 0 spiro atoms. The lowest BCUT2D eigenvalue weighted by molar-refractivity contribution is -0.167. The van der Waals surface area contributed by atoms with E-state index in [1.165, 1.54) is 218 Å². The van der Waals surface area contributed by atoms with Crippen LogP contribution < -0.4 is 0 Å². The quantitative estimate of drug-likeness (QED) is 0.0261. The normalized spacial score (nSPS) is 12.6. The Morgan fingerprint density at radius 2 is 0.481 bits per heavy atom. The van der Waals surface area contributed by atoms with Gasteiger partial charge in [0, 0.05) is 19.3 Å². The highest BCUT2D eigenvalue weighted by Gasteiger charge is 2.19. The fourth-order valence-electron chi connectivity index (χ4n) is 10.1. The van der Waals surface area contributed by atoms with Crippen molar-refractivity contribution in [1.29, 1.82) is 0 Å². The Bertz CT molecular complexity index is 1530. The van der Waals surface area contributed by atoms with Crippen LogP contribution in [0, 0.1) is 0 Å². The Labute approximate surface area is 503 Å². The molecule has 0 aliphatic heterocycles. The van der Waals surface area contributed by atoms with Crippen LogP contribution in [0.4, 0.5) is 0 Å². The monoisotopic (exact) mass is 1130 g/mol. The van der Waals surface area contributed by atoms with Gasteiger partial charge in [-0.3, -0.25) is 14.4 Å². The zero-order chi connectivity index (χ0) is 58.5. The number of unbranched alkanes of at least 4 members (excludes halogenated alkanes) is 39. The third kappa shape index (κ3) is 67.3. The molecule has 0 N–H and O–H groups in total. The number of carbonyl (C=O) groups is 3. The van der Waals surface area contributed by atoms with E-state index in [2.05, 4.69) is 106 Å². The first-order valence-electron chi connectivity index (χ1n) is 35.1. The second-order valence-electron chi connectivity index (χ2n) is 23.4. The average Bonchev–Trinajstić information content (AvgIpc) is 3.47. The highest BCUT2D eigenvalue weighted by atomic mass is 16.6. The Kier molecular flexibility index (Phi) is 66.2. The minimum absolute atomic E-state index is 0.0800. The summed E-state index contributed by atoms with van der Waals surface area (Å²) in [5.41, 5.74) is 0. The molecule has 0 bridgehead atoms. The van der Waals surface area contributed by atoms with E-state index < -0.39 is 6.10 Å². The van der Waals surface area contributed by atoms with Crippen LogP contribution in [0.5, 0.6) is 0 Å². The summed E-state index contributed by atoms with van der Waals surface area (Å²) in [5, 5.41) is 0. The van der Waals surface area contributed by atoms with Gasteiger partial charge in [-0.1, -0.05) is 305 Å². The SMILES string of the molecule is CC/C=C\C/C=C\C/C=C\CCCCCCCCCC(=O)OCC(COC(=O)CCCCCCCCCCCCCCC/C=C\C/C=C\CCCCCCC)OC(=O)CCCCCCCCCCC/C=C\C/C=C\CCCCCCC. The van der Waals surface area contributed by atoms with Crippen LogP contribution in [-0.2, 0) is 28.6 Å². The molecule has 1 atom stereocenters. The molecular weight excluding hydrogens is 997 g/mol. The van der Waals surface area contributed by atoms with Crippen LogP contribution in [0.25, 0.3) is 0 Å². The zero-order valence-electron chi connectivity index (χ0n) is 53.8. The molecule has 0 saturated carbocycles. The fraction of sp³-hybridized carbons (Fsp3) is 0.773. The number of esters is 3. The number of rotatable bonds is 64. The van der Waals surface area contributed by atoms with E-state index in [0.29, 0.717) is 19.3 Å². The van der Waals surface area contributed by atoms with Crippen LogP contribution in [0.2, 0.25) is 0 Å². The van der Waals surface area contributed by atoms with Crippen molar-refractivity contribution in [2.75, 3.05) is 13.2 Å². The highest BCUT2D eigenvalue weighted by molar-refractivity contribution is 5.71. The number of carbonyl (C=O) groups excluding carboxylic acids is 3. The first-order valence-corrected chi connectivity index (χ1v) is 35.1. The van der Waals surface area contributed by atoms with Crippen molar-refractivity contribution < 1.29 is 28.6 Å². The molecule has 0 amide bonds. The molecule has 0 fully saturated rings. The average molecular weight is 1130 g/mol. The van der Waals surface area contributed by atoms with E-state index in [9.17, 15) is 14.4 Å². The first kappa shape index (κ1) is 77.6. The van der Waals surface area contributed by atoms with Crippen molar-refractivity contribution in [3.05, 3.63) is 85.1 Å². The van der Waals surface area contributed by atoms with Gasteiger partial charge in [-0.25, -0.2) is 0 Å². The molecule has 0 radical (unpaired) electrons. The molecule has 0 aliphatic rings. The maximum atomic E-state index is 13.0. The maximum Gasteiger partial charge on any atom is 0.306 e. The van der Waals surface area contributed by atoms with E-state index in [0.717, 1.165) is 96.3 Å². The first-order chi connectivity index (χ1) is 40.0. The van der Waals surface area contributed by atoms with Crippen LogP contribution in [0.1, 0.15) is 355 Å². The standard InChI is InChI=1S/C75H132O6/c1-4-7-10-13-16-19-22-25-28-31-33-35-36-37-38-40-41-44-47-50-53-56-59-62-65-68-74(77)80-71-72(70-79-73(76)67-64-61-58-55-52-49-46-43-30-27-24-21-18-15-12-9-6-3)81-75(78)69-66-63-60-57-54-51-48-45-42-39-34-32-29-26-23-20-17-14-11-8-5-2/h9,12,18,21-23,25-27,30-34,72H,4-8,10-11,13-17,19-20,24,28-29,35-71H2,1-3H3/b12-9-,21-18-,25-22-,26-23-,30-27-,33-31-,34-32-. The van der Waals surface area contributed by atoms with Crippen molar-refractivity contribution >= 4 is 17.9 Å². The second-order valence-corrected chi connectivity index (χ2v) is 23.4. The number of allylic oxidation sites excluding steroid dienone is 14. The predicted molar refractivity (Wildman–Crippen MR) is 353 cm³/mol. The van der Waals surface area contributed by atoms with Crippen molar-refractivity contribution in [3.8, 4) is 0 Å². The van der Waals surface area contributed by atoms with Crippen molar-refractivity contribution in [2.24, 2.45) is 0 Å². The molecule has 0 rings (SSSR count). The van der Waals surface area contributed by atoms with Crippen LogP contribution in [0.15, 0.2) is 85.1 Å². The van der Waals surface area contributed by atoms with Gasteiger partial charge in [0.05, 0.1) is 0 Å². The molecule has 468 valence electrons. The lowest BCUT2D eigenvalue weighted by Crippen LogP contribution is -2.30. The molecule has 6 heteroatoms. The third-order valence-corrected chi connectivity index (χ3v) is 15.4. The fourth-order valence-corrected chi connectivity index (χ4v) is 10.1. The van der Waals surface area contributed by atoms with Gasteiger partial charge in [-0.15, -0.1) is 0 Å². The van der Waals surface area contributed by atoms with Gasteiger partial charge in [0.15, 0.2) is 6.10 Å². The summed E-state index contributed by atoms with van der Waals surface area (Å²) in [4.78, 5) is 38.5. The van der Waals surface area contributed by atoms with Gasteiger partial charge in [0.25, 0.3) is 0 Å². The van der Waals surface area contributed by atoms with Gasteiger partial charge in [0.2, 0.25) is 0 Å². The van der Waals surface area contributed by atoms with E-state index in [1.54, 1.807) is 0 Å². The molecule has 81 heavy (non-hydrogen) atoms. The molecule has 6 nitrogen and oxygen atoms in total. The molecule has 0 heterocycles. The molecule has 0 aromatic carbocycles. The Morgan fingerprint density at radius 3 is 0.753 bits per heavy atom. The second kappa shape index (κ2) is 69.1. The minimum atomic E-state index is -0.786. The summed E-state index contributed by atoms with van der Waals surface area (Å²) in [5.74, 6) is -0.877. The lowest BCUT2D eigenvalue weighted by Gasteiger charge is -2.18. The third-order valence-electron chi connectivity index (χ3n) is 15.4. The molecule has 0 saturated heterocycles. The van der Waals surface area contributed by atoms with Gasteiger partial charge in [-0.2, -0.15) is 0 Å². The van der Waals surface area contributed by atoms with Crippen LogP contribution in [0.3, 0.4) is 0 Å². The number of hydrogen-bond acceptors (Lipinski definition) is 6. The summed E-state index contributed by atoms with van der Waals surface area (Å²) < 4.78 is 17.0. The van der Waals surface area contributed by atoms with Gasteiger partial charge >= 0.3 is 17.9 Å². The highest BCUT2D eigenvalue weighted by Crippen LogP contribution is 2.17. The molecule has 0 aromatic heterocycles. The van der Waals surface area contributed by atoms with E-state index in [1.807, 2.05) is 0 Å². The van der Waals surface area contributed by atoms with Gasteiger partial charge in [0.1, 0.15) is 13.2 Å². The summed E-state index contributed by atoms with van der Waals surface area (Å²) in [6.45, 7) is 6.54. The Morgan fingerprint density at radius 1 is 0.259 bits per heavy atom. The van der Waals surface area contributed by atoms with Crippen molar-refractivity contribution in [1.82, 2.24) is 0 Å². The maximum absolute atomic E-state index is 13.0. The number of hydrogen-bond donors (Lipinski definition) is 0. The Balaban J connectivity index is 4.35. The van der Waals surface area contributed by atoms with Crippen molar-refractivity contribution in [2.45, 2.75) is 361 Å². The van der Waals surface area contributed by atoms with E-state index in [4.69, 9.17) is 14.2 Å². The lowest BCUT2D eigenvalue weighted by atomic mass is 10.0. The van der Waals surface area contributed by atoms with Crippen LogP contribution in [-0.4, -0.2) is 37.2 Å². The minimum Gasteiger partial charge on any atom is -0.462 e. The van der Waals surface area contributed by atoms with E-state index >= 15 is 0 Å². The summed E-state index contributed by atoms with van der Waals surface area (Å²) in [6, 6.07) is 0. The predicted octanol–water partition coefficient (Wildman–Crippen LogP) is 24.2. The summed E-state index contributed by atoms with van der Waals surface area (Å²) in [7, 11) is 0. The van der Waals surface area contributed by atoms with E-state index in [-0.39, 0.29) is 31.1 Å². The summed E-state index contributed by atoms with van der Waals surface area (Å²) >= 11 is 0. The topological polar surface area (TPSA) is 78.9 Å². The molecular formula is C75H132O6. The van der Waals surface area contributed by atoms with Crippen molar-refractivity contribution in [3.63, 3.8) is 0 Å². The molecule has 0 aromatic rings. The zero-order valence-corrected chi connectivity index (χ0v) is 53.8. The largest absolute Gasteiger partial charge is 0.462 e. The number of ether oxygens (including phenoxy) is 3. The summed E-state index contributed by atoms with van der Waals surface area (Å²) in [6.07, 6.45) is 91.7.